The Balaban J connectivity index is 2.18. The van der Waals surface area contributed by atoms with Crippen LogP contribution in [0.2, 0.25) is 0 Å². The van der Waals surface area contributed by atoms with Crippen LogP contribution >= 0.6 is 15.9 Å². The van der Waals surface area contributed by atoms with E-state index in [0.29, 0.717) is 33.8 Å². The van der Waals surface area contributed by atoms with Crippen LogP contribution < -0.4 is 15.8 Å². The molecule has 110 valence electrons. The average molecular weight is 353 g/mol. The molecule has 0 spiro atoms. The van der Waals surface area contributed by atoms with Crippen LogP contribution in [0.25, 0.3) is 0 Å². The SMILES string of the molecule is CCOc1ccc(C(=O)Nc2ccc(F)cc2Br)cc1N. The number of ether oxygens (including phenoxy) is 1. The minimum Gasteiger partial charge on any atom is -0.492 e. The van der Waals surface area contributed by atoms with Gasteiger partial charge in [-0.3, -0.25) is 4.79 Å². The van der Waals surface area contributed by atoms with Crippen LogP contribution in [0.3, 0.4) is 0 Å². The maximum absolute atomic E-state index is 13.0. The van der Waals surface area contributed by atoms with E-state index in [0.717, 1.165) is 0 Å². The molecule has 3 N–H and O–H groups in total. The first-order chi connectivity index (χ1) is 10.0. The summed E-state index contributed by atoms with van der Waals surface area (Å²) in [7, 11) is 0. The summed E-state index contributed by atoms with van der Waals surface area (Å²) in [4.78, 5) is 12.2. The van der Waals surface area contributed by atoms with Crippen molar-refractivity contribution in [3.8, 4) is 5.75 Å². The summed E-state index contributed by atoms with van der Waals surface area (Å²) < 4.78 is 18.8. The van der Waals surface area contributed by atoms with Gasteiger partial charge in [-0.1, -0.05) is 0 Å². The third-order valence-electron chi connectivity index (χ3n) is 2.75. The number of nitrogens with one attached hydrogen (secondary N) is 1. The second kappa shape index (κ2) is 6.58. The van der Waals surface area contributed by atoms with Crippen molar-refractivity contribution in [2.75, 3.05) is 17.7 Å². The first kappa shape index (κ1) is 15.3. The molecule has 0 aliphatic rings. The van der Waals surface area contributed by atoms with E-state index < -0.39 is 0 Å². The molecule has 2 rings (SSSR count). The molecule has 2 aromatic rings. The lowest BCUT2D eigenvalue weighted by Crippen LogP contribution is -2.13. The highest BCUT2D eigenvalue weighted by atomic mass is 79.9. The van der Waals surface area contributed by atoms with Gasteiger partial charge in [0, 0.05) is 10.0 Å². The zero-order valence-corrected chi connectivity index (χ0v) is 12.9. The minimum absolute atomic E-state index is 0.336. The van der Waals surface area contributed by atoms with E-state index in [9.17, 15) is 9.18 Å². The fourth-order valence-electron chi connectivity index (χ4n) is 1.76. The molecule has 21 heavy (non-hydrogen) atoms. The molecule has 0 saturated carbocycles. The van der Waals surface area contributed by atoms with Crippen LogP contribution in [-0.4, -0.2) is 12.5 Å². The van der Waals surface area contributed by atoms with Crippen LogP contribution in [0, 0.1) is 5.82 Å². The first-order valence-corrected chi connectivity index (χ1v) is 7.09. The van der Waals surface area contributed by atoms with Gasteiger partial charge in [0.25, 0.3) is 5.91 Å². The topological polar surface area (TPSA) is 64.3 Å². The second-order valence-electron chi connectivity index (χ2n) is 4.26. The second-order valence-corrected chi connectivity index (χ2v) is 5.12. The van der Waals surface area contributed by atoms with Gasteiger partial charge in [-0.05, 0) is 59.3 Å². The molecule has 0 unspecified atom stereocenters. The number of carbonyl (C=O) groups excluding carboxylic acids is 1. The van der Waals surface area contributed by atoms with E-state index in [2.05, 4.69) is 21.2 Å². The van der Waals surface area contributed by atoms with Gasteiger partial charge in [0.1, 0.15) is 11.6 Å². The lowest BCUT2D eigenvalue weighted by Gasteiger charge is -2.10. The summed E-state index contributed by atoms with van der Waals surface area (Å²) in [5, 5.41) is 2.68. The molecule has 0 radical (unpaired) electrons. The van der Waals surface area contributed by atoms with Crippen molar-refractivity contribution in [2.45, 2.75) is 6.92 Å². The molecule has 0 aliphatic carbocycles. The number of hydrogen-bond donors (Lipinski definition) is 2. The molecule has 0 heterocycles. The fourth-order valence-corrected chi connectivity index (χ4v) is 2.21. The molecule has 1 amide bonds. The normalized spacial score (nSPS) is 10.2. The molecule has 0 saturated heterocycles. The molecule has 6 heteroatoms. The van der Waals surface area contributed by atoms with Crippen molar-refractivity contribution in [2.24, 2.45) is 0 Å². The van der Waals surface area contributed by atoms with E-state index in [1.807, 2.05) is 6.92 Å². The first-order valence-electron chi connectivity index (χ1n) is 6.30. The molecule has 0 bridgehead atoms. The van der Waals surface area contributed by atoms with E-state index in [-0.39, 0.29) is 11.7 Å². The molecule has 2 aromatic carbocycles. The quantitative estimate of drug-likeness (QED) is 0.822. The van der Waals surface area contributed by atoms with Crippen molar-refractivity contribution in [3.05, 3.63) is 52.3 Å². The van der Waals surface area contributed by atoms with Crippen molar-refractivity contribution in [1.29, 1.82) is 0 Å². The monoisotopic (exact) mass is 352 g/mol. The van der Waals surface area contributed by atoms with Crippen LogP contribution in [-0.2, 0) is 0 Å². The maximum atomic E-state index is 13.0. The number of carbonyl (C=O) groups is 1. The van der Waals surface area contributed by atoms with Crippen LogP contribution in [0.15, 0.2) is 40.9 Å². The lowest BCUT2D eigenvalue weighted by atomic mass is 10.1. The highest BCUT2D eigenvalue weighted by Crippen LogP contribution is 2.26. The number of halogens is 2. The smallest absolute Gasteiger partial charge is 0.255 e. The van der Waals surface area contributed by atoms with E-state index in [1.165, 1.54) is 24.3 Å². The van der Waals surface area contributed by atoms with Gasteiger partial charge in [0.05, 0.1) is 18.0 Å². The highest BCUT2D eigenvalue weighted by Gasteiger charge is 2.11. The van der Waals surface area contributed by atoms with Crippen molar-refractivity contribution in [3.63, 3.8) is 0 Å². The number of amides is 1. The Morgan fingerprint density at radius 1 is 1.33 bits per heavy atom. The van der Waals surface area contributed by atoms with Crippen LogP contribution in [0.1, 0.15) is 17.3 Å². The summed E-state index contributed by atoms with van der Waals surface area (Å²) in [5.41, 5.74) is 7.09. The third kappa shape index (κ3) is 3.72. The standard InChI is InChI=1S/C15H14BrFN2O2/c1-2-21-14-6-3-9(7-12(14)18)15(20)19-13-5-4-10(17)8-11(13)16/h3-8H,2,18H2,1H3,(H,19,20). The van der Waals surface area contributed by atoms with Gasteiger partial charge in [-0.2, -0.15) is 0 Å². The van der Waals surface area contributed by atoms with Gasteiger partial charge >= 0.3 is 0 Å². The number of nitrogens with two attached hydrogens (primary N) is 1. The molecule has 0 atom stereocenters. The molecule has 0 aliphatic heterocycles. The van der Waals surface area contributed by atoms with Gasteiger partial charge in [0.2, 0.25) is 0 Å². The van der Waals surface area contributed by atoms with Gasteiger partial charge in [-0.15, -0.1) is 0 Å². The zero-order chi connectivity index (χ0) is 15.4. The van der Waals surface area contributed by atoms with E-state index in [4.69, 9.17) is 10.5 Å². The average Bonchev–Trinajstić information content (AvgIpc) is 2.44. The molecule has 4 nitrogen and oxygen atoms in total. The number of rotatable bonds is 4. The highest BCUT2D eigenvalue weighted by molar-refractivity contribution is 9.10. The van der Waals surface area contributed by atoms with Crippen molar-refractivity contribution >= 4 is 33.2 Å². The summed E-state index contributed by atoms with van der Waals surface area (Å²) in [5.74, 6) is -0.181. The van der Waals surface area contributed by atoms with E-state index >= 15 is 0 Å². The molecular weight excluding hydrogens is 339 g/mol. The third-order valence-corrected chi connectivity index (χ3v) is 3.41. The zero-order valence-electron chi connectivity index (χ0n) is 11.3. The lowest BCUT2D eigenvalue weighted by molar-refractivity contribution is 0.102. The van der Waals surface area contributed by atoms with Crippen molar-refractivity contribution < 1.29 is 13.9 Å². The molecule has 0 fully saturated rings. The summed E-state index contributed by atoms with van der Waals surface area (Å²) in [6.45, 7) is 2.35. The Morgan fingerprint density at radius 3 is 2.71 bits per heavy atom. The number of nitrogen functional groups attached to an aromatic ring is 1. The predicted octanol–water partition coefficient (Wildman–Crippen LogP) is 3.82. The Hall–Kier alpha value is -2.08. The summed E-state index contributed by atoms with van der Waals surface area (Å²) in [6.07, 6.45) is 0. The molecular formula is C15H14BrFN2O2. The fraction of sp³-hybridized carbons (Fsp3) is 0.133. The van der Waals surface area contributed by atoms with Gasteiger partial charge in [-0.25, -0.2) is 4.39 Å². The van der Waals surface area contributed by atoms with Crippen LogP contribution in [0.4, 0.5) is 15.8 Å². The molecule has 0 aromatic heterocycles. The Kier molecular flexibility index (Phi) is 4.80. The Morgan fingerprint density at radius 2 is 2.10 bits per heavy atom. The number of benzene rings is 2. The maximum Gasteiger partial charge on any atom is 0.255 e. The van der Waals surface area contributed by atoms with Crippen molar-refractivity contribution in [1.82, 2.24) is 0 Å². The minimum atomic E-state index is -0.384. The largest absolute Gasteiger partial charge is 0.492 e. The number of hydrogen-bond acceptors (Lipinski definition) is 3. The number of anilines is 2. The Labute approximate surface area is 130 Å². The Bertz CT molecular complexity index is 677. The predicted molar refractivity (Wildman–Crippen MR) is 84.1 cm³/mol. The summed E-state index contributed by atoms with van der Waals surface area (Å²) in [6, 6.07) is 8.84. The van der Waals surface area contributed by atoms with Gasteiger partial charge < -0.3 is 15.8 Å². The summed E-state index contributed by atoms with van der Waals surface area (Å²) >= 11 is 3.20. The van der Waals surface area contributed by atoms with Crippen LogP contribution in [0.5, 0.6) is 5.75 Å². The van der Waals surface area contributed by atoms with Gasteiger partial charge in [0.15, 0.2) is 0 Å². The van der Waals surface area contributed by atoms with E-state index in [1.54, 1.807) is 12.1 Å².